The summed E-state index contributed by atoms with van der Waals surface area (Å²) in [6, 6.07) is 2.90. The van der Waals surface area contributed by atoms with Gasteiger partial charge in [0, 0.05) is 25.1 Å². The van der Waals surface area contributed by atoms with Crippen LogP contribution in [0.5, 0.6) is 5.88 Å². The number of nitrogens with zero attached hydrogens (tertiary/aromatic N) is 1. The van der Waals surface area contributed by atoms with E-state index in [1.54, 1.807) is 0 Å². The van der Waals surface area contributed by atoms with E-state index in [0.29, 0.717) is 5.88 Å². The fourth-order valence-electron chi connectivity index (χ4n) is 2.22. The number of aromatic carboxylic acids is 1. The first-order valence-corrected chi connectivity index (χ1v) is 6.06. The van der Waals surface area contributed by atoms with Crippen molar-refractivity contribution >= 4 is 5.97 Å². The van der Waals surface area contributed by atoms with Crippen molar-refractivity contribution in [2.45, 2.75) is 45.0 Å². The van der Waals surface area contributed by atoms with Crippen molar-refractivity contribution in [3.05, 3.63) is 23.9 Å². The summed E-state index contributed by atoms with van der Waals surface area (Å²) in [5.74, 6) is -0.614. The Kier molecular flexibility index (Phi) is 3.81. The molecule has 1 aromatic heterocycles. The van der Waals surface area contributed by atoms with Gasteiger partial charge in [0.15, 0.2) is 0 Å². The average Bonchev–Trinajstić information content (AvgIpc) is 2.27. The molecule has 0 aliphatic carbocycles. The fourth-order valence-corrected chi connectivity index (χ4v) is 2.22. The van der Waals surface area contributed by atoms with Crippen LogP contribution in [0.25, 0.3) is 0 Å². The van der Waals surface area contributed by atoms with Gasteiger partial charge in [-0.2, -0.15) is 0 Å². The lowest BCUT2D eigenvalue weighted by atomic mass is 10.0. The molecule has 0 spiro atoms. The van der Waals surface area contributed by atoms with E-state index in [0.717, 1.165) is 12.8 Å². The van der Waals surface area contributed by atoms with E-state index in [9.17, 15) is 4.79 Å². The summed E-state index contributed by atoms with van der Waals surface area (Å²) in [5.41, 5.74) is 0.188. The molecule has 0 bridgehead atoms. The van der Waals surface area contributed by atoms with Gasteiger partial charge in [-0.25, -0.2) is 9.78 Å². The molecule has 2 rings (SSSR count). The van der Waals surface area contributed by atoms with Crippen LogP contribution in [-0.2, 0) is 4.74 Å². The first kappa shape index (κ1) is 12.8. The molecule has 0 aromatic carbocycles. The quantitative estimate of drug-likeness (QED) is 0.891. The molecule has 2 unspecified atom stereocenters. The first-order chi connectivity index (χ1) is 8.54. The van der Waals surface area contributed by atoms with Crippen LogP contribution < -0.4 is 4.74 Å². The molecule has 0 saturated carbocycles. The third kappa shape index (κ3) is 3.20. The molecule has 0 amide bonds. The second-order valence-corrected chi connectivity index (χ2v) is 4.66. The molecule has 1 aromatic rings. The van der Waals surface area contributed by atoms with E-state index in [2.05, 4.69) is 4.98 Å². The Bertz CT molecular complexity index is 425. The van der Waals surface area contributed by atoms with Crippen LogP contribution in [0.1, 0.15) is 37.0 Å². The topological polar surface area (TPSA) is 68.7 Å². The molecule has 1 N–H and O–H groups in total. The number of aromatic nitrogens is 1. The molecular formula is C13H17NO4. The summed E-state index contributed by atoms with van der Waals surface area (Å²) in [6.07, 6.45) is 3.38. The number of carbonyl (C=O) groups is 1. The Morgan fingerprint density at radius 2 is 2.11 bits per heavy atom. The van der Waals surface area contributed by atoms with Crippen molar-refractivity contribution in [1.29, 1.82) is 0 Å². The van der Waals surface area contributed by atoms with E-state index >= 15 is 0 Å². The Hall–Kier alpha value is -1.62. The van der Waals surface area contributed by atoms with Gasteiger partial charge in [-0.05, 0) is 19.9 Å². The van der Waals surface area contributed by atoms with Crippen molar-refractivity contribution in [3.63, 3.8) is 0 Å². The average molecular weight is 251 g/mol. The van der Waals surface area contributed by atoms with Gasteiger partial charge in [0.2, 0.25) is 5.88 Å². The lowest BCUT2D eigenvalue weighted by Gasteiger charge is -2.31. The van der Waals surface area contributed by atoms with Gasteiger partial charge in [0.25, 0.3) is 0 Å². The van der Waals surface area contributed by atoms with Crippen LogP contribution in [0.2, 0.25) is 0 Å². The Labute approximate surface area is 106 Å². The molecule has 1 aliphatic heterocycles. The maximum atomic E-state index is 10.8. The number of ether oxygens (including phenoxy) is 2. The van der Waals surface area contributed by atoms with Crippen molar-refractivity contribution in [3.8, 4) is 5.88 Å². The van der Waals surface area contributed by atoms with Crippen LogP contribution in [0.3, 0.4) is 0 Å². The third-order valence-corrected chi connectivity index (χ3v) is 2.92. The SMILES string of the molecule is CC1CC(Oc2cc(C(=O)O)ccn2)CC(C)O1. The summed E-state index contributed by atoms with van der Waals surface area (Å²) in [5, 5.41) is 8.90. The Morgan fingerprint density at radius 3 is 2.72 bits per heavy atom. The number of hydrogen-bond donors (Lipinski definition) is 1. The fraction of sp³-hybridized carbons (Fsp3) is 0.538. The smallest absolute Gasteiger partial charge is 0.335 e. The minimum Gasteiger partial charge on any atom is -0.478 e. The molecule has 0 radical (unpaired) electrons. The van der Waals surface area contributed by atoms with Gasteiger partial charge in [0.05, 0.1) is 17.8 Å². The first-order valence-electron chi connectivity index (χ1n) is 6.06. The highest BCUT2D eigenvalue weighted by molar-refractivity contribution is 5.87. The Balaban J connectivity index is 2.04. The summed E-state index contributed by atoms with van der Waals surface area (Å²) in [6.45, 7) is 4.01. The number of rotatable bonds is 3. The van der Waals surface area contributed by atoms with Crippen molar-refractivity contribution in [2.24, 2.45) is 0 Å². The van der Waals surface area contributed by atoms with E-state index in [-0.39, 0.29) is 23.9 Å². The van der Waals surface area contributed by atoms with Gasteiger partial charge in [-0.15, -0.1) is 0 Å². The maximum Gasteiger partial charge on any atom is 0.335 e. The zero-order chi connectivity index (χ0) is 13.1. The summed E-state index contributed by atoms with van der Waals surface area (Å²) < 4.78 is 11.4. The monoisotopic (exact) mass is 251 g/mol. The molecule has 2 atom stereocenters. The van der Waals surface area contributed by atoms with E-state index in [1.165, 1.54) is 18.3 Å². The van der Waals surface area contributed by atoms with Crippen molar-refractivity contribution in [1.82, 2.24) is 4.98 Å². The maximum absolute atomic E-state index is 10.8. The molecule has 5 heteroatoms. The van der Waals surface area contributed by atoms with Gasteiger partial charge in [0.1, 0.15) is 6.10 Å². The molecule has 1 aliphatic rings. The van der Waals surface area contributed by atoms with Gasteiger partial charge < -0.3 is 14.6 Å². The zero-order valence-corrected chi connectivity index (χ0v) is 10.5. The number of hydrogen-bond acceptors (Lipinski definition) is 4. The lowest BCUT2D eigenvalue weighted by molar-refractivity contribution is -0.0729. The second-order valence-electron chi connectivity index (χ2n) is 4.66. The standard InChI is InChI=1S/C13H17NO4/c1-8-5-11(6-9(2)17-8)18-12-7-10(13(15)16)3-4-14-12/h3-4,7-9,11H,5-6H2,1-2H3,(H,15,16). The molecule has 5 nitrogen and oxygen atoms in total. The molecular weight excluding hydrogens is 234 g/mol. The molecule has 2 heterocycles. The van der Waals surface area contributed by atoms with Gasteiger partial charge >= 0.3 is 5.97 Å². The van der Waals surface area contributed by atoms with E-state index in [1.807, 2.05) is 13.8 Å². The third-order valence-electron chi connectivity index (χ3n) is 2.92. The van der Waals surface area contributed by atoms with Crippen molar-refractivity contribution < 1.29 is 19.4 Å². The molecule has 1 fully saturated rings. The normalized spacial score (nSPS) is 27.8. The van der Waals surface area contributed by atoms with Crippen LogP contribution >= 0.6 is 0 Å². The Morgan fingerprint density at radius 1 is 1.44 bits per heavy atom. The number of carboxylic acid groups (broad SMARTS) is 1. The molecule has 1 saturated heterocycles. The highest BCUT2D eigenvalue weighted by Gasteiger charge is 2.26. The second kappa shape index (κ2) is 5.35. The van der Waals surface area contributed by atoms with Gasteiger partial charge in [-0.1, -0.05) is 0 Å². The molecule has 98 valence electrons. The minimum atomic E-state index is -0.976. The summed E-state index contributed by atoms with van der Waals surface area (Å²) in [7, 11) is 0. The van der Waals surface area contributed by atoms with Crippen LogP contribution in [0, 0.1) is 0 Å². The largest absolute Gasteiger partial charge is 0.478 e. The summed E-state index contributed by atoms with van der Waals surface area (Å²) >= 11 is 0. The predicted molar refractivity (Wildman–Crippen MR) is 64.9 cm³/mol. The van der Waals surface area contributed by atoms with Crippen molar-refractivity contribution in [2.75, 3.05) is 0 Å². The minimum absolute atomic E-state index is 0.0281. The lowest BCUT2D eigenvalue weighted by Crippen LogP contribution is -2.35. The van der Waals surface area contributed by atoms with Crippen LogP contribution in [-0.4, -0.2) is 34.4 Å². The number of pyridine rings is 1. The van der Waals surface area contributed by atoms with Gasteiger partial charge in [-0.3, -0.25) is 0 Å². The summed E-state index contributed by atoms with van der Waals surface area (Å²) in [4.78, 5) is 14.9. The van der Waals surface area contributed by atoms with Crippen LogP contribution in [0.15, 0.2) is 18.3 Å². The molecule has 18 heavy (non-hydrogen) atoms. The van der Waals surface area contributed by atoms with Crippen LogP contribution in [0.4, 0.5) is 0 Å². The highest BCUT2D eigenvalue weighted by atomic mass is 16.5. The van der Waals surface area contributed by atoms with E-state index in [4.69, 9.17) is 14.6 Å². The number of carboxylic acids is 1. The highest BCUT2D eigenvalue weighted by Crippen LogP contribution is 2.23. The van der Waals surface area contributed by atoms with E-state index < -0.39 is 5.97 Å². The predicted octanol–water partition coefficient (Wildman–Crippen LogP) is 2.11. The zero-order valence-electron chi connectivity index (χ0n) is 10.5.